The summed E-state index contributed by atoms with van der Waals surface area (Å²) in [5, 5.41) is 4.25. The molecule has 3 aromatic rings. The summed E-state index contributed by atoms with van der Waals surface area (Å²) >= 11 is 0. The molecule has 0 spiro atoms. The Hall–Kier alpha value is -3.15. The number of methoxy groups -OCH3 is 2. The van der Waals surface area contributed by atoms with E-state index in [1.165, 1.54) is 0 Å². The van der Waals surface area contributed by atoms with Crippen LogP contribution in [0.25, 0.3) is 11.7 Å². The molecule has 6 nitrogen and oxygen atoms in total. The number of Topliss-reactive ketones (excluding diaryl/α,β-unsaturated/α-hetero) is 1. The number of ketones is 1. The zero-order valence-corrected chi connectivity index (χ0v) is 13.3. The second-order valence-electron chi connectivity index (χ2n) is 5.53. The Kier molecular flexibility index (Phi) is 3.30. The first-order valence-corrected chi connectivity index (χ1v) is 7.50. The van der Waals surface area contributed by atoms with Crippen LogP contribution in [0.1, 0.15) is 21.5 Å². The summed E-state index contributed by atoms with van der Waals surface area (Å²) < 4.78 is 12.3. The van der Waals surface area contributed by atoms with Crippen LogP contribution in [0.5, 0.6) is 11.5 Å². The Labute approximate surface area is 138 Å². The molecule has 0 N–H and O–H groups in total. The minimum Gasteiger partial charge on any atom is -0.493 e. The molecule has 6 heteroatoms. The van der Waals surface area contributed by atoms with E-state index in [0.29, 0.717) is 29.1 Å². The number of hydrogen-bond donors (Lipinski definition) is 0. The first-order valence-electron chi connectivity index (χ1n) is 7.50. The Morgan fingerprint density at radius 1 is 1.21 bits per heavy atom. The van der Waals surface area contributed by atoms with E-state index in [1.807, 2.05) is 24.4 Å². The largest absolute Gasteiger partial charge is 0.493 e. The quantitative estimate of drug-likeness (QED) is 0.694. The van der Waals surface area contributed by atoms with E-state index in [9.17, 15) is 4.79 Å². The van der Waals surface area contributed by atoms with E-state index in [1.54, 1.807) is 37.2 Å². The Balaban J connectivity index is 1.77. The highest BCUT2D eigenvalue weighted by Crippen LogP contribution is 2.37. The van der Waals surface area contributed by atoms with E-state index in [0.717, 1.165) is 16.8 Å². The van der Waals surface area contributed by atoms with Crippen LogP contribution in [0.4, 0.5) is 0 Å². The third-order valence-corrected chi connectivity index (χ3v) is 4.16. The average Bonchev–Trinajstić information content (AvgIpc) is 3.16. The zero-order chi connectivity index (χ0) is 16.7. The van der Waals surface area contributed by atoms with Crippen molar-refractivity contribution in [3.05, 3.63) is 59.1 Å². The molecule has 1 aliphatic carbocycles. The van der Waals surface area contributed by atoms with E-state index < -0.39 is 0 Å². The molecule has 2 heterocycles. The molecule has 24 heavy (non-hydrogen) atoms. The van der Waals surface area contributed by atoms with Gasteiger partial charge in [-0.15, -0.1) is 0 Å². The maximum atomic E-state index is 12.7. The standard InChI is InChI=1S/C18H15N3O3/c1-23-15-8-11-6-12(17(22)14(11)9-16(15)24-2)7-13-10-20-21-5-3-4-19-18(13)21/h3-5,7-10H,6H2,1-2H3. The van der Waals surface area contributed by atoms with Crippen molar-refractivity contribution in [2.75, 3.05) is 14.2 Å². The number of nitrogens with zero attached hydrogens (tertiary/aromatic N) is 3. The number of fused-ring (bicyclic) bond motifs is 2. The zero-order valence-electron chi connectivity index (χ0n) is 13.3. The normalized spacial score (nSPS) is 15.1. The summed E-state index contributed by atoms with van der Waals surface area (Å²) in [6.07, 6.45) is 7.66. The summed E-state index contributed by atoms with van der Waals surface area (Å²) in [7, 11) is 3.15. The van der Waals surface area contributed by atoms with Gasteiger partial charge in [-0.1, -0.05) is 0 Å². The monoisotopic (exact) mass is 321 g/mol. The van der Waals surface area contributed by atoms with Crippen molar-refractivity contribution in [1.29, 1.82) is 0 Å². The van der Waals surface area contributed by atoms with Gasteiger partial charge in [0, 0.05) is 35.5 Å². The van der Waals surface area contributed by atoms with Gasteiger partial charge in [-0.3, -0.25) is 4.79 Å². The number of aromatic nitrogens is 3. The minimum absolute atomic E-state index is 0.00114. The molecule has 0 aliphatic heterocycles. The molecule has 1 aliphatic rings. The fraction of sp³-hybridized carbons (Fsp3) is 0.167. The molecule has 120 valence electrons. The van der Waals surface area contributed by atoms with Gasteiger partial charge in [0.15, 0.2) is 22.9 Å². The van der Waals surface area contributed by atoms with Crippen LogP contribution in [0, 0.1) is 0 Å². The number of rotatable bonds is 3. The van der Waals surface area contributed by atoms with E-state index in [-0.39, 0.29) is 5.78 Å². The number of benzene rings is 1. The Bertz CT molecular complexity index is 988. The van der Waals surface area contributed by atoms with Crippen molar-refractivity contribution in [3.8, 4) is 11.5 Å². The van der Waals surface area contributed by atoms with Crippen LogP contribution in [-0.2, 0) is 6.42 Å². The van der Waals surface area contributed by atoms with Gasteiger partial charge in [0.2, 0.25) is 0 Å². The van der Waals surface area contributed by atoms with Crippen LogP contribution in [0.2, 0.25) is 0 Å². The van der Waals surface area contributed by atoms with Crippen molar-refractivity contribution in [1.82, 2.24) is 14.6 Å². The maximum Gasteiger partial charge on any atom is 0.189 e. The van der Waals surface area contributed by atoms with Gasteiger partial charge in [0.25, 0.3) is 0 Å². The van der Waals surface area contributed by atoms with Crippen molar-refractivity contribution in [2.45, 2.75) is 6.42 Å². The fourth-order valence-electron chi connectivity index (χ4n) is 2.99. The van der Waals surface area contributed by atoms with Gasteiger partial charge in [-0.2, -0.15) is 5.10 Å². The molecule has 0 radical (unpaired) electrons. The summed E-state index contributed by atoms with van der Waals surface area (Å²) in [5.41, 5.74) is 3.85. The topological polar surface area (TPSA) is 65.7 Å². The molecular formula is C18H15N3O3. The predicted molar refractivity (Wildman–Crippen MR) is 88.5 cm³/mol. The number of hydrogen-bond acceptors (Lipinski definition) is 5. The van der Waals surface area contributed by atoms with Crippen LogP contribution >= 0.6 is 0 Å². The third kappa shape index (κ3) is 2.15. The van der Waals surface area contributed by atoms with Crippen molar-refractivity contribution in [3.63, 3.8) is 0 Å². The highest BCUT2D eigenvalue weighted by atomic mass is 16.5. The van der Waals surface area contributed by atoms with Gasteiger partial charge in [0.1, 0.15) is 0 Å². The molecule has 4 rings (SSSR count). The second-order valence-corrected chi connectivity index (χ2v) is 5.53. The molecule has 0 fully saturated rings. The van der Waals surface area contributed by atoms with Crippen LogP contribution < -0.4 is 9.47 Å². The Morgan fingerprint density at radius 2 is 2.00 bits per heavy atom. The molecule has 0 unspecified atom stereocenters. The van der Waals surface area contributed by atoms with Crippen LogP contribution in [0.3, 0.4) is 0 Å². The number of carbonyl (C=O) groups excluding carboxylic acids is 1. The molecule has 0 amide bonds. The van der Waals surface area contributed by atoms with Gasteiger partial charge >= 0.3 is 0 Å². The SMILES string of the molecule is COc1cc2c(cc1OC)C(=O)C(=Cc1cnn3cccnc13)C2. The predicted octanol–water partition coefficient (Wildman–Crippen LogP) is 2.57. The highest BCUT2D eigenvalue weighted by molar-refractivity contribution is 6.16. The molecule has 1 aromatic carbocycles. The lowest BCUT2D eigenvalue weighted by molar-refractivity contribution is 0.104. The third-order valence-electron chi connectivity index (χ3n) is 4.16. The van der Waals surface area contributed by atoms with Gasteiger partial charge in [0.05, 0.1) is 20.4 Å². The first kappa shape index (κ1) is 14.4. The lowest BCUT2D eigenvalue weighted by Gasteiger charge is -2.08. The van der Waals surface area contributed by atoms with Crippen LogP contribution in [-0.4, -0.2) is 34.6 Å². The molecule has 0 saturated heterocycles. The maximum absolute atomic E-state index is 12.7. The lowest BCUT2D eigenvalue weighted by atomic mass is 10.1. The minimum atomic E-state index is 0.00114. The summed E-state index contributed by atoms with van der Waals surface area (Å²) in [6.45, 7) is 0. The number of allylic oxidation sites excluding steroid dienone is 1. The number of carbonyl (C=O) groups is 1. The molecule has 0 atom stereocenters. The fourth-order valence-corrected chi connectivity index (χ4v) is 2.99. The number of ether oxygens (including phenoxy) is 2. The molecule has 2 aromatic heterocycles. The second kappa shape index (κ2) is 5.49. The highest BCUT2D eigenvalue weighted by Gasteiger charge is 2.27. The Morgan fingerprint density at radius 3 is 2.79 bits per heavy atom. The van der Waals surface area contributed by atoms with Gasteiger partial charge < -0.3 is 9.47 Å². The van der Waals surface area contributed by atoms with E-state index >= 15 is 0 Å². The van der Waals surface area contributed by atoms with Crippen molar-refractivity contribution < 1.29 is 14.3 Å². The summed E-state index contributed by atoms with van der Waals surface area (Å²) in [5.74, 6) is 1.19. The van der Waals surface area contributed by atoms with Crippen LogP contribution in [0.15, 0.2) is 42.4 Å². The summed E-state index contributed by atoms with van der Waals surface area (Å²) in [6, 6.07) is 5.42. The van der Waals surface area contributed by atoms with E-state index in [2.05, 4.69) is 10.1 Å². The smallest absolute Gasteiger partial charge is 0.189 e. The molecule has 0 bridgehead atoms. The van der Waals surface area contributed by atoms with E-state index in [4.69, 9.17) is 9.47 Å². The van der Waals surface area contributed by atoms with Gasteiger partial charge in [-0.25, -0.2) is 9.50 Å². The molecular weight excluding hydrogens is 306 g/mol. The molecule has 0 saturated carbocycles. The van der Waals surface area contributed by atoms with Crippen molar-refractivity contribution >= 4 is 17.5 Å². The lowest BCUT2D eigenvalue weighted by Crippen LogP contribution is -1.97. The first-order chi connectivity index (χ1) is 11.7. The average molecular weight is 321 g/mol. The van der Waals surface area contributed by atoms with Crippen molar-refractivity contribution in [2.24, 2.45) is 0 Å². The van der Waals surface area contributed by atoms with Gasteiger partial charge in [-0.05, 0) is 29.8 Å². The summed E-state index contributed by atoms with van der Waals surface area (Å²) in [4.78, 5) is 17.0.